The van der Waals surface area contributed by atoms with Crippen molar-refractivity contribution in [3.63, 3.8) is 0 Å². The number of para-hydroxylation sites is 1. The van der Waals surface area contributed by atoms with Gasteiger partial charge in [-0.2, -0.15) is 0 Å². The number of benzene rings is 2. The number of fused-ring (bicyclic) bond motifs is 1. The summed E-state index contributed by atoms with van der Waals surface area (Å²) in [5.41, 5.74) is 6.30. The molecule has 0 spiro atoms. The molecule has 0 fully saturated rings. The summed E-state index contributed by atoms with van der Waals surface area (Å²) in [5.74, 6) is 0.0567. The zero-order valence-corrected chi connectivity index (χ0v) is 24.1. The van der Waals surface area contributed by atoms with Gasteiger partial charge in [0, 0.05) is 6.42 Å². The number of carbonyl (C=O) groups is 2. The molecular weight excluding hydrogens is 486 g/mol. The van der Waals surface area contributed by atoms with E-state index in [1.165, 1.54) is 28.7 Å². The number of nitrogens with one attached hydrogen (secondary N) is 1. The summed E-state index contributed by atoms with van der Waals surface area (Å²) in [6, 6.07) is 15.1. The number of rotatable bonds is 9. The largest absolute Gasteiger partial charge is 0.462 e. The van der Waals surface area contributed by atoms with Crippen molar-refractivity contribution >= 4 is 17.6 Å². The lowest BCUT2D eigenvalue weighted by molar-refractivity contribution is 0.0513. The Morgan fingerprint density at radius 2 is 1.67 bits per heavy atom. The SMILES string of the molecule is CC/C=C/CCOC(=O)c1ccccc1NC(=O)c1ccc(Cc2cc3c(cc2C)C(C)(C)CCC3(C)C)o1. The molecule has 0 atom stereocenters. The van der Waals surface area contributed by atoms with Gasteiger partial charge in [-0.1, -0.05) is 71.0 Å². The van der Waals surface area contributed by atoms with Gasteiger partial charge in [-0.05, 0) is 90.0 Å². The molecule has 1 aromatic heterocycles. The van der Waals surface area contributed by atoms with Gasteiger partial charge in [0.25, 0.3) is 5.91 Å². The van der Waals surface area contributed by atoms with Crippen LogP contribution in [-0.2, 0) is 22.0 Å². The predicted octanol–water partition coefficient (Wildman–Crippen LogP) is 8.29. The molecular formula is C34H41NO4. The summed E-state index contributed by atoms with van der Waals surface area (Å²) in [6.45, 7) is 13.8. The first-order valence-corrected chi connectivity index (χ1v) is 14.0. The van der Waals surface area contributed by atoms with Crippen molar-refractivity contribution in [1.82, 2.24) is 0 Å². The molecule has 0 bridgehead atoms. The lowest BCUT2D eigenvalue weighted by Gasteiger charge is -2.42. The van der Waals surface area contributed by atoms with Crippen LogP contribution < -0.4 is 5.32 Å². The van der Waals surface area contributed by atoms with Gasteiger partial charge in [0.2, 0.25) is 0 Å². The minimum Gasteiger partial charge on any atom is -0.462 e. The number of allylic oxidation sites excluding steroid dienone is 1. The van der Waals surface area contributed by atoms with Crippen molar-refractivity contribution in [2.45, 2.75) is 84.5 Å². The lowest BCUT2D eigenvalue weighted by Crippen LogP contribution is -2.34. The highest BCUT2D eigenvalue weighted by atomic mass is 16.5. The van der Waals surface area contributed by atoms with Crippen molar-refractivity contribution < 1.29 is 18.7 Å². The molecule has 3 aromatic rings. The van der Waals surface area contributed by atoms with Crippen LogP contribution in [0.5, 0.6) is 0 Å². The van der Waals surface area contributed by atoms with Crippen molar-refractivity contribution in [3.8, 4) is 0 Å². The maximum Gasteiger partial charge on any atom is 0.340 e. The van der Waals surface area contributed by atoms with E-state index in [1.807, 2.05) is 18.2 Å². The van der Waals surface area contributed by atoms with Gasteiger partial charge in [-0.25, -0.2) is 4.79 Å². The average molecular weight is 528 g/mol. The third kappa shape index (κ3) is 6.52. The summed E-state index contributed by atoms with van der Waals surface area (Å²) >= 11 is 0. The molecule has 1 aliphatic carbocycles. The normalized spacial score (nSPS) is 15.6. The van der Waals surface area contributed by atoms with Crippen LogP contribution in [0.4, 0.5) is 5.69 Å². The highest BCUT2D eigenvalue weighted by Crippen LogP contribution is 2.46. The molecule has 2 aromatic carbocycles. The molecule has 0 unspecified atom stereocenters. The summed E-state index contributed by atoms with van der Waals surface area (Å²) in [5, 5.41) is 2.82. The Hall–Kier alpha value is -3.60. The van der Waals surface area contributed by atoms with E-state index in [9.17, 15) is 9.59 Å². The number of ether oxygens (including phenoxy) is 1. The van der Waals surface area contributed by atoms with Crippen LogP contribution in [0, 0.1) is 6.92 Å². The number of hydrogen-bond donors (Lipinski definition) is 1. The second-order valence-corrected chi connectivity index (χ2v) is 11.8. The maximum absolute atomic E-state index is 13.0. The second-order valence-electron chi connectivity index (χ2n) is 11.8. The van der Waals surface area contributed by atoms with Crippen LogP contribution in [0.1, 0.15) is 109 Å². The van der Waals surface area contributed by atoms with E-state index in [0.717, 1.165) is 18.6 Å². The second kappa shape index (κ2) is 11.6. The number of anilines is 1. The summed E-state index contributed by atoms with van der Waals surface area (Å²) in [4.78, 5) is 25.7. The Morgan fingerprint density at radius 3 is 2.38 bits per heavy atom. The Balaban J connectivity index is 1.47. The van der Waals surface area contributed by atoms with Crippen LogP contribution in [0.25, 0.3) is 0 Å². The molecule has 4 rings (SSSR count). The fraction of sp³-hybridized carbons (Fsp3) is 0.412. The molecule has 0 saturated carbocycles. The van der Waals surface area contributed by atoms with Gasteiger partial charge in [0.15, 0.2) is 5.76 Å². The number of furan rings is 1. The summed E-state index contributed by atoms with van der Waals surface area (Å²) in [6.07, 6.45) is 8.57. The van der Waals surface area contributed by atoms with Crippen molar-refractivity contribution in [3.05, 3.63) is 100 Å². The maximum atomic E-state index is 13.0. The predicted molar refractivity (Wildman–Crippen MR) is 157 cm³/mol. The topological polar surface area (TPSA) is 68.5 Å². The Labute approximate surface area is 232 Å². The first-order chi connectivity index (χ1) is 18.5. The number of amides is 1. The van der Waals surface area contributed by atoms with Crippen LogP contribution in [0.2, 0.25) is 0 Å². The Bertz CT molecular complexity index is 1380. The zero-order chi connectivity index (χ0) is 28.2. The Morgan fingerprint density at radius 1 is 0.974 bits per heavy atom. The van der Waals surface area contributed by atoms with Crippen molar-refractivity contribution in [2.75, 3.05) is 11.9 Å². The standard InChI is InChI=1S/C34H41NO4/c1-7-8-9-12-19-38-32(37)26-13-10-11-14-29(26)35-31(36)30-16-15-25(39-30)21-24-22-28-27(20-23(24)2)33(3,4)17-18-34(28,5)6/h8-11,13-16,20,22H,7,12,17-19,21H2,1-6H3,(H,35,36)/b9-8+. The summed E-state index contributed by atoms with van der Waals surface area (Å²) in [7, 11) is 0. The zero-order valence-electron chi connectivity index (χ0n) is 24.1. The first-order valence-electron chi connectivity index (χ1n) is 14.0. The molecule has 206 valence electrons. The van der Waals surface area contributed by atoms with E-state index in [1.54, 1.807) is 30.3 Å². The van der Waals surface area contributed by atoms with Crippen molar-refractivity contribution in [1.29, 1.82) is 0 Å². The first kappa shape index (κ1) is 28.4. The van der Waals surface area contributed by atoms with E-state index in [4.69, 9.17) is 9.15 Å². The minimum atomic E-state index is -0.468. The van der Waals surface area contributed by atoms with Gasteiger partial charge in [-0.3, -0.25) is 4.79 Å². The molecule has 0 radical (unpaired) electrons. The van der Waals surface area contributed by atoms with Gasteiger partial charge < -0.3 is 14.5 Å². The third-order valence-corrected chi connectivity index (χ3v) is 7.87. The van der Waals surface area contributed by atoms with Crippen molar-refractivity contribution in [2.24, 2.45) is 0 Å². The highest BCUT2D eigenvalue weighted by molar-refractivity contribution is 6.06. The van der Waals surface area contributed by atoms with Crippen LogP contribution >= 0.6 is 0 Å². The quantitative estimate of drug-likeness (QED) is 0.173. The number of esters is 1. The van der Waals surface area contributed by atoms with E-state index < -0.39 is 11.9 Å². The molecule has 5 heteroatoms. The van der Waals surface area contributed by atoms with E-state index in [0.29, 0.717) is 24.1 Å². The molecule has 0 saturated heterocycles. The fourth-order valence-corrected chi connectivity index (χ4v) is 5.28. The Kier molecular flexibility index (Phi) is 8.48. The molecule has 1 amide bonds. The van der Waals surface area contributed by atoms with Gasteiger partial charge in [0.05, 0.1) is 17.9 Å². The molecule has 39 heavy (non-hydrogen) atoms. The smallest absolute Gasteiger partial charge is 0.340 e. The average Bonchev–Trinajstić information content (AvgIpc) is 3.36. The van der Waals surface area contributed by atoms with Gasteiger partial charge >= 0.3 is 5.97 Å². The third-order valence-electron chi connectivity index (χ3n) is 7.87. The van der Waals surface area contributed by atoms with Crippen LogP contribution in [0.3, 0.4) is 0 Å². The van der Waals surface area contributed by atoms with E-state index >= 15 is 0 Å². The molecule has 5 nitrogen and oxygen atoms in total. The number of carbonyl (C=O) groups excluding carboxylic acids is 2. The molecule has 1 heterocycles. The summed E-state index contributed by atoms with van der Waals surface area (Å²) < 4.78 is 11.4. The molecule has 0 aliphatic heterocycles. The lowest BCUT2D eigenvalue weighted by atomic mass is 9.62. The van der Waals surface area contributed by atoms with Crippen LogP contribution in [0.15, 0.2) is 65.1 Å². The monoisotopic (exact) mass is 527 g/mol. The molecule has 1 N–H and O–H groups in total. The van der Waals surface area contributed by atoms with Gasteiger partial charge in [-0.15, -0.1) is 0 Å². The van der Waals surface area contributed by atoms with Gasteiger partial charge in [0.1, 0.15) is 5.76 Å². The minimum absolute atomic E-state index is 0.127. The van der Waals surface area contributed by atoms with Crippen LogP contribution in [-0.4, -0.2) is 18.5 Å². The van der Waals surface area contributed by atoms with E-state index in [2.05, 4.69) is 59.0 Å². The van der Waals surface area contributed by atoms with E-state index in [-0.39, 0.29) is 23.2 Å². The number of hydrogen-bond acceptors (Lipinski definition) is 4. The molecule has 1 aliphatic rings. The number of aryl methyl sites for hydroxylation is 1. The fourth-order valence-electron chi connectivity index (χ4n) is 5.28. The highest BCUT2D eigenvalue weighted by Gasteiger charge is 2.37.